The molecule has 0 bridgehead atoms. The average molecular weight is 370 g/mol. The molecular weight excluding hydrogens is 344 g/mol. The van der Waals surface area contributed by atoms with Gasteiger partial charge in [-0.25, -0.2) is 8.42 Å². The molecule has 0 aromatic carbocycles. The lowest BCUT2D eigenvalue weighted by Gasteiger charge is -2.31. The third kappa shape index (κ3) is 3.88. The van der Waals surface area contributed by atoms with Crippen LogP contribution in [0, 0.1) is 12.8 Å². The van der Waals surface area contributed by atoms with Crippen LogP contribution in [0.5, 0.6) is 0 Å². The zero-order valence-electron chi connectivity index (χ0n) is 14.8. The summed E-state index contributed by atoms with van der Waals surface area (Å²) in [6.07, 6.45) is 4.84. The molecule has 1 aromatic heterocycles. The Bertz CT molecular complexity index is 724. The Labute approximate surface area is 148 Å². The smallest absolute Gasteiger partial charge is 0.246 e. The Balaban J connectivity index is 1.64. The van der Waals surface area contributed by atoms with Crippen LogP contribution in [-0.2, 0) is 26.6 Å². The largest absolute Gasteiger partial charge is 0.376 e. The van der Waals surface area contributed by atoms with Gasteiger partial charge in [0.1, 0.15) is 4.90 Å². The number of nitrogens with zero attached hydrogens (tertiary/aromatic N) is 3. The van der Waals surface area contributed by atoms with Crippen molar-refractivity contribution in [1.29, 1.82) is 0 Å². The fraction of sp³-hybridized carbons (Fsp3) is 0.750. The van der Waals surface area contributed by atoms with Gasteiger partial charge in [0, 0.05) is 33.3 Å². The number of piperidine rings is 1. The summed E-state index contributed by atoms with van der Waals surface area (Å²) in [5.74, 6) is -0.403. The third-order valence-electron chi connectivity index (χ3n) is 5.09. The van der Waals surface area contributed by atoms with Crippen LogP contribution in [0.2, 0.25) is 0 Å². The van der Waals surface area contributed by atoms with Gasteiger partial charge in [0.2, 0.25) is 15.9 Å². The third-order valence-corrected chi connectivity index (χ3v) is 7.06. The van der Waals surface area contributed by atoms with Gasteiger partial charge in [-0.1, -0.05) is 0 Å². The monoisotopic (exact) mass is 370 g/mol. The molecule has 2 aliphatic rings. The molecule has 0 unspecified atom stereocenters. The Morgan fingerprint density at radius 3 is 2.84 bits per heavy atom. The van der Waals surface area contributed by atoms with Gasteiger partial charge in [-0.05, 0) is 32.6 Å². The maximum atomic E-state index is 12.9. The molecular formula is C16H26N4O4S. The van der Waals surface area contributed by atoms with Crippen LogP contribution in [0.4, 0.5) is 0 Å². The van der Waals surface area contributed by atoms with Gasteiger partial charge in [-0.2, -0.15) is 9.40 Å². The predicted molar refractivity (Wildman–Crippen MR) is 91.4 cm³/mol. The van der Waals surface area contributed by atoms with Crippen molar-refractivity contribution in [2.45, 2.75) is 43.6 Å². The molecule has 1 amide bonds. The normalized spacial score (nSPS) is 25.2. The molecule has 2 aliphatic heterocycles. The summed E-state index contributed by atoms with van der Waals surface area (Å²) in [6, 6.07) is 0. The number of carbonyl (C=O) groups excluding carboxylic acids is 1. The first-order valence-electron chi connectivity index (χ1n) is 8.77. The van der Waals surface area contributed by atoms with Crippen molar-refractivity contribution in [3.05, 3.63) is 11.9 Å². The topological polar surface area (TPSA) is 93.5 Å². The number of ether oxygens (including phenoxy) is 1. The average Bonchev–Trinajstić information content (AvgIpc) is 3.24. The van der Waals surface area contributed by atoms with Crippen LogP contribution in [0.1, 0.15) is 31.4 Å². The highest BCUT2D eigenvalue weighted by molar-refractivity contribution is 7.89. The summed E-state index contributed by atoms with van der Waals surface area (Å²) in [5.41, 5.74) is 0.602. The molecule has 0 saturated carbocycles. The molecule has 2 saturated heterocycles. The molecule has 1 N–H and O–H groups in total. The highest BCUT2D eigenvalue weighted by Gasteiger charge is 2.35. The second-order valence-corrected chi connectivity index (χ2v) is 8.71. The highest BCUT2D eigenvalue weighted by atomic mass is 32.2. The van der Waals surface area contributed by atoms with Gasteiger partial charge >= 0.3 is 0 Å². The van der Waals surface area contributed by atoms with Gasteiger partial charge < -0.3 is 10.1 Å². The van der Waals surface area contributed by atoms with Crippen LogP contribution in [0.15, 0.2) is 11.1 Å². The van der Waals surface area contributed by atoms with E-state index in [4.69, 9.17) is 4.74 Å². The summed E-state index contributed by atoms with van der Waals surface area (Å²) in [5, 5.41) is 6.94. The standard InChI is InChI=1S/C16H26N4O4S/c1-12-15(10-18-19(12)2)25(22,23)20-7-3-5-13(11-20)16(21)17-9-14-6-4-8-24-14/h10,13-14H,3-9,11H2,1-2H3,(H,17,21)/t13-,14-/m1/s1. The van der Waals surface area contributed by atoms with Crippen LogP contribution in [0.25, 0.3) is 0 Å². The van der Waals surface area contributed by atoms with Crippen molar-refractivity contribution in [3.8, 4) is 0 Å². The van der Waals surface area contributed by atoms with E-state index in [-0.39, 0.29) is 29.4 Å². The molecule has 1 aromatic rings. The van der Waals surface area contributed by atoms with E-state index in [0.29, 0.717) is 31.6 Å². The molecule has 0 radical (unpaired) electrons. The van der Waals surface area contributed by atoms with E-state index in [9.17, 15) is 13.2 Å². The SMILES string of the molecule is Cc1c(S(=O)(=O)N2CCC[C@@H](C(=O)NC[C@H]3CCCO3)C2)cnn1C. The number of hydrogen-bond donors (Lipinski definition) is 1. The number of carbonyl (C=O) groups is 1. The first-order valence-corrected chi connectivity index (χ1v) is 10.2. The first-order chi connectivity index (χ1) is 11.9. The zero-order valence-corrected chi connectivity index (χ0v) is 15.6. The summed E-state index contributed by atoms with van der Waals surface area (Å²) >= 11 is 0. The van der Waals surface area contributed by atoms with E-state index in [2.05, 4.69) is 10.4 Å². The van der Waals surface area contributed by atoms with Crippen molar-refractivity contribution >= 4 is 15.9 Å². The van der Waals surface area contributed by atoms with E-state index < -0.39 is 10.0 Å². The second-order valence-electron chi connectivity index (χ2n) is 6.80. The first kappa shape index (κ1) is 18.3. The number of hydrogen-bond acceptors (Lipinski definition) is 5. The Hall–Kier alpha value is -1.45. The zero-order chi connectivity index (χ0) is 18.0. The summed E-state index contributed by atoms with van der Waals surface area (Å²) < 4.78 is 34.2. The van der Waals surface area contributed by atoms with E-state index in [1.54, 1.807) is 18.7 Å². The van der Waals surface area contributed by atoms with Gasteiger partial charge in [0.05, 0.1) is 23.9 Å². The minimum absolute atomic E-state index is 0.0849. The van der Waals surface area contributed by atoms with Gasteiger partial charge in [0.25, 0.3) is 0 Å². The summed E-state index contributed by atoms with van der Waals surface area (Å²) in [7, 11) is -1.91. The second kappa shape index (κ2) is 7.43. The van der Waals surface area contributed by atoms with Crippen LogP contribution < -0.4 is 5.32 Å². The summed E-state index contributed by atoms with van der Waals surface area (Å²) in [6.45, 7) is 3.64. The highest BCUT2D eigenvalue weighted by Crippen LogP contribution is 2.25. The number of aryl methyl sites for hydroxylation is 1. The molecule has 3 rings (SSSR count). The van der Waals surface area contributed by atoms with Crippen molar-refractivity contribution in [2.24, 2.45) is 13.0 Å². The molecule has 0 spiro atoms. The molecule has 8 nitrogen and oxygen atoms in total. The number of aromatic nitrogens is 2. The molecule has 3 heterocycles. The fourth-order valence-electron chi connectivity index (χ4n) is 3.41. The lowest BCUT2D eigenvalue weighted by atomic mass is 9.99. The van der Waals surface area contributed by atoms with E-state index in [1.165, 1.54) is 10.5 Å². The predicted octanol–water partition coefficient (Wildman–Crippen LogP) is 0.424. The lowest BCUT2D eigenvalue weighted by molar-refractivity contribution is -0.126. The maximum absolute atomic E-state index is 12.9. The van der Waals surface area contributed by atoms with Crippen LogP contribution >= 0.6 is 0 Å². The van der Waals surface area contributed by atoms with Crippen LogP contribution in [-0.4, -0.2) is 60.8 Å². The van der Waals surface area contributed by atoms with E-state index in [1.807, 2.05) is 0 Å². The van der Waals surface area contributed by atoms with Gasteiger partial charge in [0.15, 0.2) is 0 Å². The molecule has 2 fully saturated rings. The maximum Gasteiger partial charge on any atom is 0.246 e. The number of nitrogens with one attached hydrogen (secondary N) is 1. The number of sulfonamides is 1. The van der Waals surface area contributed by atoms with Crippen molar-refractivity contribution < 1.29 is 17.9 Å². The van der Waals surface area contributed by atoms with Crippen molar-refractivity contribution in [2.75, 3.05) is 26.2 Å². The van der Waals surface area contributed by atoms with Crippen molar-refractivity contribution in [3.63, 3.8) is 0 Å². The number of rotatable bonds is 5. The van der Waals surface area contributed by atoms with Crippen LogP contribution in [0.3, 0.4) is 0 Å². The molecule has 2 atom stereocenters. The Morgan fingerprint density at radius 2 is 2.20 bits per heavy atom. The fourth-order valence-corrected chi connectivity index (χ4v) is 5.12. The Kier molecular flexibility index (Phi) is 5.45. The van der Waals surface area contributed by atoms with Gasteiger partial charge in [-0.3, -0.25) is 9.48 Å². The van der Waals surface area contributed by atoms with Crippen molar-refractivity contribution in [1.82, 2.24) is 19.4 Å². The molecule has 140 valence electrons. The van der Waals surface area contributed by atoms with E-state index in [0.717, 1.165) is 19.4 Å². The minimum Gasteiger partial charge on any atom is -0.376 e. The Morgan fingerprint density at radius 1 is 1.40 bits per heavy atom. The molecule has 9 heteroatoms. The molecule has 25 heavy (non-hydrogen) atoms. The number of amides is 1. The summed E-state index contributed by atoms with van der Waals surface area (Å²) in [4.78, 5) is 12.6. The lowest BCUT2D eigenvalue weighted by Crippen LogP contribution is -2.46. The molecule has 0 aliphatic carbocycles. The minimum atomic E-state index is -3.62. The quantitative estimate of drug-likeness (QED) is 0.811. The van der Waals surface area contributed by atoms with E-state index >= 15 is 0 Å². The van der Waals surface area contributed by atoms with Gasteiger partial charge in [-0.15, -0.1) is 0 Å².